The molecule has 29 heavy (non-hydrogen) atoms. The van der Waals surface area contributed by atoms with E-state index in [0.717, 1.165) is 22.0 Å². The SMILES string of the molecule is C[C@@]12C(=O)N(Cc3cccc(Cl)c3)CC(=O)N1CCc1c2[nH]c2ccc(F)cc12. The summed E-state index contributed by atoms with van der Waals surface area (Å²) < 4.78 is 13.8. The maximum Gasteiger partial charge on any atom is 0.255 e. The molecule has 0 radical (unpaired) electrons. The van der Waals surface area contributed by atoms with Crippen LogP contribution < -0.4 is 0 Å². The fourth-order valence-electron chi connectivity index (χ4n) is 4.69. The highest BCUT2D eigenvalue weighted by molar-refractivity contribution is 6.30. The number of benzene rings is 2. The summed E-state index contributed by atoms with van der Waals surface area (Å²) >= 11 is 6.08. The first-order valence-corrected chi connectivity index (χ1v) is 9.90. The van der Waals surface area contributed by atoms with Gasteiger partial charge in [0.1, 0.15) is 12.4 Å². The van der Waals surface area contributed by atoms with Crippen LogP contribution in [-0.2, 0) is 28.1 Å². The minimum absolute atomic E-state index is 0.0329. The third kappa shape index (κ3) is 2.66. The minimum atomic E-state index is -1.14. The fourth-order valence-corrected chi connectivity index (χ4v) is 4.90. The predicted molar refractivity (Wildman–Crippen MR) is 108 cm³/mol. The number of halogens is 2. The topological polar surface area (TPSA) is 56.4 Å². The number of amides is 2. The van der Waals surface area contributed by atoms with E-state index in [1.54, 1.807) is 34.9 Å². The standard InChI is InChI=1S/C22H19ClFN3O2/c1-22-20-16(17-10-15(24)5-6-18(17)25-20)7-8-27(22)19(28)12-26(21(22)29)11-13-3-2-4-14(23)9-13/h2-6,9-10,25H,7-8,11-12H2,1H3/t22-/m1/s1. The zero-order valence-corrected chi connectivity index (χ0v) is 16.6. The molecule has 2 aliphatic rings. The third-order valence-corrected chi connectivity index (χ3v) is 6.31. The van der Waals surface area contributed by atoms with Gasteiger partial charge in [-0.05, 0) is 54.8 Å². The van der Waals surface area contributed by atoms with E-state index in [9.17, 15) is 14.0 Å². The fraction of sp³-hybridized carbons (Fsp3) is 0.273. The van der Waals surface area contributed by atoms with Crippen molar-refractivity contribution < 1.29 is 14.0 Å². The van der Waals surface area contributed by atoms with Gasteiger partial charge < -0.3 is 14.8 Å². The molecule has 5 nitrogen and oxygen atoms in total. The summed E-state index contributed by atoms with van der Waals surface area (Å²) in [5, 5.41) is 1.36. The Kier molecular flexibility index (Phi) is 3.96. The molecule has 2 amide bonds. The molecule has 1 saturated heterocycles. The first kappa shape index (κ1) is 18.2. The van der Waals surface area contributed by atoms with Crippen molar-refractivity contribution >= 4 is 34.3 Å². The van der Waals surface area contributed by atoms with Crippen molar-refractivity contribution in [3.63, 3.8) is 0 Å². The van der Waals surface area contributed by atoms with Crippen LogP contribution in [-0.4, -0.2) is 39.7 Å². The second-order valence-corrected chi connectivity index (χ2v) is 8.26. The average Bonchev–Trinajstić information content (AvgIpc) is 3.05. The van der Waals surface area contributed by atoms with E-state index in [2.05, 4.69) is 4.98 Å². The molecule has 3 heterocycles. The van der Waals surface area contributed by atoms with Crippen molar-refractivity contribution in [2.75, 3.05) is 13.1 Å². The Labute approximate surface area is 172 Å². The molecule has 0 spiro atoms. The Morgan fingerprint density at radius 2 is 2.03 bits per heavy atom. The molecule has 2 aliphatic heterocycles. The van der Waals surface area contributed by atoms with Gasteiger partial charge in [-0.25, -0.2) is 4.39 Å². The molecule has 1 atom stereocenters. The number of rotatable bonds is 2. The number of nitrogens with zero attached hydrogens (tertiary/aromatic N) is 2. The molecule has 2 aromatic carbocycles. The van der Waals surface area contributed by atoms with Gasteiger partial charge in [0.2, 0.25) is 5.91 Å². The summed E-state index contributed by atoms with van der Waals surface area (Å²) in [7, 11) is 0. The number of aromatic nitrogens is 1. The Morgan fingerprint density at radius 1 is 1.21 bits per heavy atom. The van der Waals surface area contributed by atoms with E-state index in [1.807, 2.05) is 12.1 Å². The maximum absolute atomic E-state index is 13.8. The van der Waals surface area contributed by atoms with Crippen molar-refractivity contribution in [2.45, 2.75) is 25.4 Å². The summed E-state index contributed by atoms with van der Waals surface area (Å²) in [6.07, 6.45) is 0.585. The first-order chi connectivity index (χ1) is 13.9. The van der Waals surface area contributed by atoms with Crippen LogP contribution in [0.2, 0.25) is 5.02 Å². The van der Waals surface area contributed by atoms with Crippen LogP contribution in [0.4, 0.5) is 4.39 Å². The number of hydrogen-bond donors (Lipinski definition) is 1. The molecule has 1 N–H and O–H groups in total. The van der Waals surface area contributed by atoms with Crippen LogP contribution in [0.1, 0.15) is 23.7 Å². The number of piperazine rings is 1. The minimum Gasteiger partial charge on any atom is -0.356 e. The Morgan fingerprint density at radius 3 is 2.83 bits per heavy atom. The van der Waals surface area contributed by atoms with Crippen molar-refractivity contribution in [3.8, 4) is 0 Å². The van der Waals surface area contributed by atoms with Gasteiger partial charge in [0.25, 0.3) is 5.91 Å². The monoisotopic (exact) mass is 411 g/mol. The molecule has 5 rings (SSSR count). The smallest absolute Gasteiger partial charge is 0.255 e. The summed E-state index contributed by atoms with van der Waals surface area (Å²) in [4.78, 5) is 33.1. The van der Waals surface area contributed by atoms with E-state index in [-0.39, 0.29) is 24.2 Å². The van der Waals surface area contributed by atoms with Gasteiger partial charge >= 0.3 is 0 Å². The molecule has 1 fully saturated rings. The van der Waals surface area contributed by atoms with Gasteiger partial charge in [0, 0.05) is 29.0 Å². The molecule has 7 heteroatoms. The number of nitrogens with one attached hydrogen (secondary N) is 1. The van der Waals surface area contributed by atoms with Crippen molar-refractivity contribution in [1.29, 1.82) is 0 Å². The summed E-state index contributed by atoms with van der Waals surface area (Å²) in [5.74, 6) is -0.560. The zero-order valence-electron chi connectivity index (χ0n) is 15.8. The van der Waals surface area contributed by atoms with Gasteiger partial charge in [-0.1, -0.05) is 23.7 Å². The Bertz CT molecular complexity index is 1170. The Balaban J connectivity index is 1.60. The number of hydrogen-bond acceptors (Lipinski definition) is 2. The maximum atomic E-state index is 13.8. The summed E-state index contributed by atoms with van der Waals surface area (Å²) in [5.41, 5.74) is 2.08. The van der Waals surface area contributed by atoms with Crippen LogP contribution in [0, 0.1) is 5.82 Å². The summed E-state index contributed by atoms with van der Waals surface area (Å²) in [6, 6.07) is 11.8. The first-order valence-electron chi connectivity index (χ1n) is 9.53. The third-order valence-electron chi connectivity index (χ3n) is 6.07. The van der Waals surface area contributed by atoms with Crippen LogP contribution >= 0.6 is 11.6 Å². The van der Waals surface area contributed by atoms with Gasteiger partial charge in [-0.15, -0.1) is 0 Å². The van der Waals surface area contributed by atoms with Gasteiger partial charge in [-0.2, -0.15) is 0 Å². The number of fused-ring (bicyclic) bond motifs is 5. The molecule has 0 bridgehead atoms. The lowest BCUT2D eigenvalue weighted by Gasteiger charge is -2.49. The molecule has 1 aromatic heterocycles. The molecule has 0 aliphatic carbocycles. The number of aromatic amines is 1. The predicted octanol–water partition coefficient (Wildman–Crippen LogP) is 3.60. The van der Waals surface area contributed by atoms with Crippen LogP contribution in [0.15, 0.2) is 42.5 Å². The lowest BCUT2D eigenvalue weighted by Crippen LogP contribution is -2.66. The average molecular weight is 412 g/mol. The highest BCUT2D eigenvalue weighted by Crippen LogP contribution is 2.42. The molecule has 3 aromatic rings. The highest BCUT2D eigenvalue weighted by atomic mass is 35.5. The zero-order chi connectivity index (χ0) is 20.3. The normalized spacial score (nSPS) is 21.5. The second-order valence-electron chi connectivity index (χ2n) is 7.83. The number of H-pyrrole nitrogens is 1. The van der Waals surface area contributed by atoms with E-state index in [0.29, 0.717) is 30.2 Å². The molecule has 148 valence electrons. The molecule has 0 saturated carbocycles. The van der Waals surface area contributed by atoms with Crippen molar-refractivity contribution in [1.82, 2.24) is 14.8 Å². The quantitative estimate of drug-likeness (QED) is 0.700. The van der Waals surface area contributed by atoms with Gasteiger partial charge in [0.05, 0.1) is 5.69 Å². The molecule has 0 unspecified atom stereocenters. The largest absolute Gasteiger partial charge is 0.356 e. The highest BCUT2D eigenvalue weighted by Gasteiger charge is 2.54. The lowest BCUT2D eigenvalue weighted by molar-refractivity contribution is -0.166. The summed E-state index contributed by atoms with van der Waals surface area (Å²) in [6.45, 7) is 2.55. The van der Waals surface area contributed by atoms with E-state index >= 15 is 0 Å². The van der Waals surface area contributed by atoms with E-state index < -0.39 is 5.54 Å². The van der Waals surface area contributed by atoms with Gasteiger partial charge in [0.15, 0.2) is 5.54 Å². The van der Waals surface area contributed by atoms with Crippen LogP contribution in [0.25, 0.3) is 10.9 Å². The molecular formula is C22H19ClFN3O2. The van der Waals surface area contributed by atoms with E-state index in [4.69, 9.17) is 11.6 Å². The second kappa shape index (κ2) is 6.32. The van der Waals surface area contributed by atoms with Crippen LogP contribution in [0.5, 0.6) is 0 Å². The lowest BCUT2D eigenvalue weighted by atomic mass is 9.83. The van der Waals surface area contributed by atoms with Crippen molar-refractivity contribution in [3.05, 3.63) is 70.1 Å². The van der Waals surface area contributed by atoms with Crippen molar-refractivity contribution in [2.24, 2.45) is 0 Å². The number of carbonyl (C=O) groups is 2. The van der Waals surface area contributed by atoms with Crippen LogP contribution in [0.3, 0.4) is 0 Å². The molecular weight excluding hydrogens is 393 g/mol. The number of carbonyl (C=O) groups excluding carboxylic acids is 2. The Hall–Kier alpha value is -2.86. The van der Waals surface area contributed by atoms with Gasteiger partial charge in [-0.3, -0.25) is 9.59 Å². The van der Waals surface area contributed by atoms with E-state index in [1.165, 1.54) is 12.1 Å².